The number of carbonyl (C=O) groups is 1. The van der Waals surface area contributed by atoms with Crippen molar-refractivity contribution in [2.24, 2.45) is 0 Å². The van der Waals surface area contributed by atoms with E-state index in [2.05, 4.69) is 5.32 Å². The minimum Gasteiger partial charge on any atom is -0.322 e. The summed E-state index contributed by atoms with van der Waals surface area (Å²) in [6.07, 6.45) is -0.108. The van der Waals surface area contributed by atoms with Crippen LogP contribution in [0.15, 0.2) is 24.3 Å². The molecule has 15 heavy (non-hydrogen) atoms. The number of nitrogens with zero attached hydrogens (tertiary/aromatic N) is 1. The molecular weight excluding hydrogens is 195 g/mol. The van der Waals surface area contributed by atoms with Gasteiger partial charge in [0.25, 0.3) is 0 Å². The van der Waals surface area contributed by atoms with E-state index < -0.39 is 0 Å². The molecule has 0 spiro atoms. The van der Waals surface area contributed by atoms with E-state index in [0.29, 0.717) is 13.1 Å². The van der Waals surface area contributed by atoms with Crippen molar-refractivity contribution < 1.29 is 9.18 Å². The van der Waals surface area contributed by atoms with Crippen molar-refractivity contribution in [2.75, 3.05) is 13.1 Å². The van der Waals surface area contributed by atoms with Crippen LogP contribution in [-0.2, 0) is 4.79 Å². The Balaban J connectivity index is 2.23. The zero-order valence-electron chi connectivity index (χ0n) is 8.53. The van der Waals surface area contributed by atoms with Crippen LogP contribution in [0.3, 0.4) is 0 Å². The molecular formula is C11H13FN2O. The topological polar surface area (TPSA) is 32.3 Å². The largest absolute Gasteiger partial charge is 0.322 e. The summed E-state index contributed by atoms with van der Waals surface area (Å²) in [4.78, 5) is 13.2. The molecule has 1 N–H and O–H groups in total. The van der Waals surface area contributed by atoms with Gasteiger partial charge in [0.05, 0.1) is 6.54 Å². The van der Waals surface area contributed by atoms with Gasteiger partial charge in [0.1, 0.15) is 12.0 Å². The van der Waals surface area contributed by atoms with E-state index in [0.717, 1.165) is 5.56 Å². The van der Waals surface area contributed by atoms with Gasteiger partial charge in [0.2, 0.25) is 5.91 Å². The van der Waals surface area contributed by atoms with Gasteiger partial charge < -0.3 is 4.90 Å². The first kappa shape index (κ1) is 10.1. The van der Waals surface area contributed by atoms with Crippen LogP contribution in [0.4, 0.5) is 4.39 Å². The van der Waals surface area contributed by atoms with Gasteiger partial charge in [0, 0.05) is 6.54 Å². The van der Waals surface area contributed by atoms with Crippen LogP contribution in [0.2, 0.25) is 0 Å². The van der Waals surface area contributed by atoms with E-state index in [9.17, 15) is 9.18 Å². The predicted octanol–water partition coefficient (Wildman–Crippen LogP) is 1.28. The lowest BCUT2D eigenvalue weighted by Crippen LogP contribution is -2.29. The molecule has 1 aromatic rings. The first-order chi connectivity index (χ1) is 7.22. The van der Waals surface area contributed by atoms with E-state index in [1.54, 1.807) is 17.0 Å². The molecule has 0 aromatic heterocycles. The first-order valence-corrected chi connectivity index (χ1v) is 5.00. The summed E-state index contributed by atoms with van der Waals surface area (Å²) in [5.74, 6) is -0.169. The highest BCUT2D eigenvalue weighted by Crippen LogP contribution is 2.21. The number of nitrogens with one attached hydrogen (secondary N) is 1. The normalized spacial score (nSPS) is 21.1. The number of likely N-dealkylation sites (N-methyl/N-ethyl adjacent to an activating group) is 1. The summed E-state index contributed by atoms with van der Waals surface area (Å²) in [7, 11) is 0. The SMILES string of the molecule is CCN1C(=O)CNC1c1ccc(F)cc1. The highest BCUT2D eigenvalue weighted by atomic mass is 19.1. The summed E-state index contributed by atoms with van der Waals surface area (Å²) >= 11 is 0. The maximum atomic E-state index is 12.7. The van der Waals surface area contributed by atoms with Crippen molar-refractivity contribution in [3.63, 3.8) is 0 Å². The Morgan fingerprint density at radius 1 is 1.47 bits per heavy atom. The van der Waals surface area contributed by atoms with E-state index in [-0.39, 0.29) is 17.9 Å². The molecule has 2 rings (SSSR count). The highest BCUT2D eigenvalue weighted by molar-refractivity contribution is 5.80. The van der Waals surface area contributed by atoms with Gasteiger partial charge in [-0.05, 0) is 24.6 Å². The number of carbonyl (C=O) groups excluding carboxylic acids is 1. The molecule has 1 aromatic carbocycles. The van der Waals surface area contributed by atoms with Gasteiger partial charge in [0.15, 0.2) is 0 Å². The molecule has 1 atom stereocenters. The molecule has 1 unspecified atom stereocenters. The molecule has 0 radical (unpaired) electrons. The summed E-state index contributed by atoms with van der Waals surface area (Å²) in [5.41, 5.74) is 0.920. The Hall–Kier alpha value is -1.42. The van der Waals surface area contributed by atoms with Gasteiger partial charge in [-0.3, -0.25) is 10.1 Å². The van der Waals surface area contributed by atoms with Gasteiger partial charge in [-0.25, -0.2) is 4.39 Å². The van der Waals surface area contributed by atoms with Crippen molar-refractivity contribution in [3.8, 4) is 0 Å². The molecule has 1 amide bonds. The maximum Gasteiger partial charge on any atom is 0.238 e. The summed E-state index contributed by atoms with van der Waals surface area (Å²) in [5, 5.41) is 3.10. The Labute approximate surface area is 87.9 Å². The first-order valence-electron chi connectivity index (χ1n) is 5.00. The van der Waals surface area contributed by atoms with Crippen LogP contribution in [-0.4, -0.2) is 23.9 Å². The van der Waals surface area contributed by atoms with E-state index in [1.165, 1.54) is 12.1 Å². The third-order valence-electron chi connectivity index (χ3n) is 2.61. The van der Waals surface area contributed by atoms with Crippen LogP contribution < -0.4 is 5.32 Å². The number of hydrogen-bond acceptors (Lipinski definition) is 2. The smallest absolute Gasteiger partial charge is 0.238 e. The molecule has 1 fully saturated rings. The van der Waals surface area contributed by atoms with Crippen molar-refractivity contribution in [1.29, 1.82) is 0 Å². The average molecular weight is 208 g/mol. The van der Waals surface area contributed by atoms with Gasteiger partial charge in [-0.2, -0.15) is 0 Å². The van der Waals surface area contributed by atoms with Gasteiger partial charge in [-0.15, -0.1) is 0 Å². The maximum absolute atomic E-state index is 12.7. The average Bonchev–Trinajstić information content (AvgIpc) is 2.61. The second-order valence-electron chi connectivity index (χ2n) is 3.51. The van der Waals surface area contributed by atoms with Crippen LogP contribution >= 0.6 is 0 Å². The fraction of sp³-hybridized carbons (Fsp3) is 0.364. The Morgan fingerprint density at radius 2 is 2.13 bits per heavy atom. The number of amides is 1. The molecule has 4 heteroatoms. The second-order valence-corrected chi connectivity index (χ2v) is 3.51. The lowest BCUT2D eigenvalue weighted by Gasteiger charge is -2.22. The monoisotopic (exact) mass is 208 g/mol. The van der Waals surface area contributed by atoms with Crippen molar-refractivity contribution >= 4 is 5.91 Å². The zero-order chi connectivity index (χ0) is 10.8. The van der Waals surface area contributed by atoms with Crippen molar-refractivity contribution in [2.45, 2.75) is 13.1 Å². The van der Waals surface area contributed by atoms with Crippen LogP contribution in [0.25, 0.3) is 0 Å². The lowest BCUT2D eigenvalue weighted by molar-refractivity contribution is -0.127. The Bertz CT molecular complexity index is 363. The molecule has 1 aliphatic rings. The van der Waals surface area contributed by atoms with Crippen molar-refractivity contribution in [3.05, 3.63) is 35.6 Å². The molecule has 1 saturated heterocycles. The molecule has 1 aliphatic heterocycles. The molecule has 3 nitrogen and oxygen atoms in total. The third kappa shape index (κ3) is 1.85. The Kier molecular flexibility index (Phi) is 2.68. The quantitative estimate of drug-likeness (QED) is 0.794. The standard InChI is InChI=1S/C11H13FN2O/c1-2-14-10(15)7-13-11(14)8-3-5-9(12)6-4-8/h3-6,11,13H,2,7H2,1H3. The lowest BCUT2D eigenvalue weighted by atomic mass is 10.1. The van der Waals surface area contributed by atoms with Crippen LogP contribution in [0.5, 0.6) is 0 Å². The summed E-state index contributed by atoms with van der Waals surface area (Å²) < 4.78 is 12.7. The molecule has 0 bridgehead atoms. The van der Waals surface area contributed by atoms with E-state index in [1.807, 2.05) is 6.92 Å². The van der Waals surface area contributed by atoms with E-state index >= 15 is 0 Å². The fourth-order valence-electron chi connectivity index (χ4n) is 1.84. The number of rotatable bonds is 2. The van der Waals surface area contributed by atoms with Crippen molar-refractivity contribution in [1.82, 2.24) is 10.2 Å². The molecule has 0 aliphatic carbocycles. The van der Waals surface area contributed by atoms with Crippen LogP contribution in [0, 0.1) is 5.82 Å². The fourth-order valence-corrected chi connectivity index (χ4v) is 1.84. The third-order valence-corrected chi connectivity index (χ3v) is 2.61. The van der Waals surface area contributed by atoms with Crippen LogP contribution in [0.1, 0.15) is 18.7 Å². The molecule has 1 heterocycles. The summed E-state index contributed by atoms with van der Waals surface area (Å²) in [6, 6.07) is 6.23. The number of hydrogen-bond donors (Lipinski definition) is 1. The minimum atomic E-state index is -0.258. The number of benzene rings is 1. The highest BCUT2D eigenvalue weighted by Gasteiger charge is 2.29. The molecule has 0 saturated carbocycles. The second kappa shape index (κ2) is 3.98. The minimum absolute atomic E-state index is 0.0897. The van der Waals surface area contributed by atoms with E-state index in [4.69, 9.17) is 0 Å². The van der Waals surface area contributed by atoms with Gasteiger partial charge in [-0.1, -0.05) is 12.1 Å². The number of halogens is 1. The molecule has 80 valence electrons. The summed E-state index contributed by atoms with van der Waals surface area (Å²) in [6.45, 7) is 2.95. The Morgan fingerprint density at radius 3 is 2.73 bits per heavy atom. The predicted molar refractivity (Wildman–Crippen MR) is 54.5 cm³/mol. The zero-order valence-corrected chi connectivity index (χ0v) is 8.53. The van der Waals surface area contributed by atoms with Gasteiger partial charge >= 0.3 is 0 Å².